The molecule has 0 saturated heterocycles. The third-order valence-electron chi connectivity index (χ3n) is 3.06. The summed E-state index contributed by atoms with van der Waals surface area (Å²) in [6.45, 7) is 4.33. The molecular formula is C14H21N5O2. The van der Waals surface area contributed by atoms with Crippen molar-refractivity contribution < 1.29 is 9.90 Å². The normalized spacial score (nSPS) is 12.6. The summed E-state index contributed by atoms with van der Waals surface area (Å²) in [5.41, 5.74) is 1.94. The summed E-state index contributed by atoms with van der Waals surface area (Å²) >= 11 is 0. The van der Waals surface area contributed by atoms with E-state index < -0.39 is 6.10 Å². The highest BCUT2D eigenvalue weighted by atomic mass is 16.3. The van der Waals surface area contributed by atoms with Crippen molar-refractivity contribution in [3.05, 3.63) is 35.4 Å². The van der Waals surface area contributed by atoms with Gasteiger partial charge in [-0.2, -0.15) is 10.2 Å². The third-order valence-corrected chi connectivity index (χ3v) is 3.06. The second kappa shape index (κ2) is 6.53. The molecule has 0 aromatic carbocycles. The van der Waals surface area contributed by atoms with Gasteiger partial charge in [-0.25, -0.2) is 0 Å². The number of carbonyl (C=O) groups is 1. The molecule has 0 fully saturated rings. The van der Waals surface area contributed by atoms with E-state index in [1.807, 2.05) is 0 Å². The van der Waals surface area contributed by atoms with Crippen LogP contribution in [0.1, 0.15) is 41.7 Å². The molecule has 114 valence electrons. The van der Waals surface area contributed by atoms with Gasteiger partial charge in [0.05, 0.1) is 12.3 Å². The summed E-state index contributed by atoms with van der Waals surface area (Å²) in [5, 5.41) is 23.4. The van der Waals surface area contributed by atoms with Crippen LogP contribution in [0.15, 0.2) is 18.5 Å². The number of H-pyrrole nitrogens is 1. The molecule has 21 heavy (non-hydrogen) atoms. The molecule has 0 aliphatic heterocycles. The zero-order valence-electron chi connectivity index (χ0n) is 12.5. The van der Waals surface area contributed by atoms with E-state index in [-0.39, 0.29) is 12.5 Å². The number of aliphatic hydroxyl groups excluding tert-OH is 1. The number of carbonyl (C=O) groups excluding carboxylic acids is 1. The van der Waals surface area contributed by atoms with Gasteiger partial charge in [0.1, 0.15) is 5.69 Å². The van der Waals surface area contributed by atoms with Gasteiger partial charge in [-0.05, 0) is 18.4 Å². The Hall–Kier alpha value is -2.15. The zero-order chi connectivity index (χ0) is 15.4. The van der Waals surface area contributed by atoms with E-state index in [4.69, 9.17) is 0 Å². The van der Waals surface area contributed by atoms with Crippen LogP contribution < -0.4 is 5.32 Å². The Morgan fingerprint density at radius 1 is 1.52 bits per heavy atom. The lowest BCUT2D eigenvalue weighted by atomic mass is 10.1. The number of aromatic nitrogens is 4. The van der Waals surface area contributed by atoms with Gasteiger partial charge in [0, 0.05) is 31.0 Å². The van der Waals surface area contributed by atoms with E-state index in [0.29, 0.717) is 17.2 Å². The van der Waals surface area contributed by atoms with E-state index in [2.05, 4.69) is 34.5 Å². The quantitative estimate of drug-likeness (QED) is 0.733. The number of aryl methyl sites for hydroxylation is 1. The van der Waals surface area contributed by atoms with Gasteiger partial charge in [-0.15, -0.1) is 0 Å². The minimum absolute atomic E-state index is 0.122. The van der Waals surface area contributed by atoms with Crippen LogP contribution in [0.2, 0.25) is 0 Å². The van der Waals surface area contributed by atoms with Crippen molar-refractivity contribution in [1.82, 2.24) is 25.3 Å². The molecule has 3 N–H and O–H groups in total. The molecule has 7 heteroatoms. The Kier molecular flexibility index (Phi) is 4.74. The largest absolute Gasteiger partial charge is 0.386 e. The number of nitrogens with zero attached hydrogens (tertiary/aromatic N) is 3. The lowest BCUT2D eigenvalue weighted by Gasteiger charge is -2.08. The topological polar surface area (TPSA) is 95.8 Å². The maximum Gasteiger partial charge on any atom is 0.271 e. The SMILES string of the molecule is CC(C)Cc1cc(C(=O)NC[C@H](O)c2cnn(C)c2)n[nH]1. The maximum atomic E-state index is 12.0. The van der Waals surface area contributed by atoms with Crippen LogP contribution in [0.3, 0.4) is 0 Å². The second-order valence-corrected chi connectivity index (χ2v) is 5.55. The van der Waals surface area contributed by atoms with Crippen molar-refractivity contribution in [1.29, 1.82) is 0 Å². The van der Waals surface area contributed by atoms with Crippen LogP contribution in [0.5, 0.6) is 0 Å². The molecule has 0 spiro atoms. The van der Waals surface area contributed by atoms with Gasteiger partial charge in [-0.3, -0.25) is 14.6 Å². The van der Waals surface area contributed by atoms with E-state index in [1.54, 1.807) is 30.2 Å². The van der Waals surface area contributed by atoms with Crippen LogP contribution in [-0.4, -0.2) is 37.5 Å². The second-order valence-electron chi connectivity index (χ2n) is 5.55. The molecule has 2 aromatic heterocycles. The predicted octanol–water partition coefficient (Wildman–Crippen LogP) is 0.805. The summed E-state index contributed by atoms with van der Waals surface area (Å²) in [6, 6.07) is 1.74. The summed E-state index contributed by atoms with van der Waals surface area (Å²) in [7, 11) is 1.77. The first-order chi connectivity index (χ1) is 9.95. The predicted molar refractivity (Wildman–Crippen MR) is 77.6 cm³/mol. The number of hydrogen-bond acceptors (Lipinski definition) is 4. The summed E-state index contributed by atoms with van der Waals surface area (Å²) in [4.78, 5) is 12.0. The summed E-state index contributed by atoms with van der Waals surface area (Å²) < 4.78 is 1.60. The van der Waals surface area contributed by atoms with Gasteiger partial charge in [0.25, 0.3) is 5.91 Å². The molecular weight excluding hydrogens is 270 g/mol. The Bertz CT molecular complexity index is 602. The van der Waals surface area contributed by atoms with Crippen molar-refractivity contribution >= 4 is 5.91 Å². The number of aliphatic hydroxyl groups is 1. The Balaban J connectivity index is 1.88. The minimum atomic E-state index is -0.781. The van der Waals surface area contributed by atoms with E-state index >= 15 is 0 Å². The third kappa shape index (κ3) is 4.16. The number of rotatable bonds is 6. The Morgan fingerprint density at radius 2 is 2.29 bits per heavy atom. The first kappa shape index (κ1) is 15.2. The highest BCUT2D eigenvalue weighted by molar-refractivity contribution is 5.92. The first-order valence-electron chi connectivity index (χ1n) is 6.94. The molecule has 1 amide bonds. The fourth-order valence-corrected chi connectivity index (χ4v) is 2.03. The number of aromatic amines is 1. The van der Waals surface area contributed by atoms with Gasteiger partial charge in [0.2, 0.25) is 0 Å². The molecule has 0 radical (unpaired) electrons. The fourth-order valence-electron chi connectivity index (χ4n) is 2.03. The van der Waals surface area contributed by atoms with Crippen molar-refractivity contribution in [2.24, 2.45) is 13.0 Å². The first-order valence-corrected chi connectivity index (χ1v) is 6.94. The Labute approximate surface area is 123 Å². The highest BCUT2D eigenvalue weighted by Gasteiger charge is 2.14. The van der Waals surface area contributed by atoms with E-state index in [1.165, 1.54) is 0 Å². The molecule has 2 heterocycles. The number of hydrogen-bond donors (Lipinski definition) is 3. The van der Waals surface area contributed by atoms with Crippen LogP contribution in [0.4, 0.5) is 0 Å². The molecule has 0 saturated carbocycles. The summed E-state index contributed by atoms with van der Waals surface area (Å²) in [5.74, 6) is 0.193. The number of amides is 1. The fraction of sp³-hybridized carbons (Fsp3) is 0.500. The van der Waals surface area contributed by atoms with Gasteiger partial charge in [0.15, 0.2) is 0 Å². The number of nitrogens with one attached hydrogen (secondary N) is 2. The maximum absolute atomic E-state index is 12.0. The van der Waals surface area contributed by atoms with E-state index in [0.717, 1.165) is 12.1 Å². The van der Waals surface area contributed by atoms with Gasteiger partial charge < -0.3 is 10.4 Å². The van der Waals surface area contributed by atoms with E-state index in [9.17, 15) is 9.90 Å². The van der Waals surface area contributed by atoms with Crippen molar-refractivity contribution in [3.63, 3.8) is 0 Å². The standard InChI is InChI=1S/C14H21N5O2/c1-9(2)4-11-5-12(18-17-11)14(21)15-7-13(20)10-6-16-19(3)8-10/h5-6,8-9,13,20H,4,7H2,1-3H3,(H,15,21)(H,17,18)/t13-/m0/s1. The monoisotopic (exact) mass is 291 g/mol. The molecule has 0 unspecified atom stereocenters. The smallest absolute Gasteiger partial charge is 0.271 e. The molecule has 0 bridgehead atoms. The average Bonchev–Trinajstić information content (AvgIpc) is 3.04. The average molecular weight is 291 g/mol. The van der Waals surface area contributed by atoms with Crippen LogP contribution in [0, 0.1) is 5.92 Å². The van der Waals surface area contributed by atoms with Gasteiger partial charge in [-0.1, -0.05) is 13.8 Å². The van der Waals surface area contributed by atoms with Crippen molar-refractivity contribution in [2.75, 3.05) is 6.54 Å². The Morgan fingerprint density at radius 3 is 2.90 bits per heavy atom. The van der Waals surface area contributed by atoms with Crippen molar-refractivity contribution in [3.8, 4) is 0 Å². The lowest BCUT2D eigenvalue weighted by Crippen LogP contribution is -2.28. The minimum Gasteiger partial charge on any atom is -0.386 e. The molecule has 0 aliphatic rings. The molecule has 1 atom stereocenters. The van der Waals surface area contributed by atoms with Gasteiger partial charge >= 0.3 is 0 Å². The highest BCUT2D eigenvalue weighted by Crippen LogP contribution is 2.10. The molecule has 2 rings (SSSR count). The molecule has 2 aromatic rings. The van der Waals surface area contributed by atoms with Crippen LogP contribution in [0.25, 0.3) is 0 Å². The molecule has 7 nitrogen and oxygen atoms in total. The van der Waals surface area contributed by atoms with Crippen molar-refractivity contribution in [2.45, 2.75) is 26.4 Å². The molecule has 0 aliphatic carbocycles. The van der Waals surface area contributed by atoms with Crippen LogP contribution >= 0.6 is 0 Å². The van der Waals surface area contributed by atoms with Crippen LogP contribution in [-0.2, 0) is 13.5 Å². The lowest BCUT2D eigenvalue weighted by molar-refractivity contribution is 0.0911. The zero-order valence-corrected chi connectivity index (χ0v) is 12.5. The summed E-state index contributed by atoms with van der Waals surface area (Å²) in [6.07, 6.45) is 3.35.